The number of rotatable bonds is 2. The van der Waals surface area contributed by atoms with E-state index in [9.17, 15) is 4.79 Å². The number of fused-ring (bicyclic) bond motifs is 1. The van der Waals surface area contributed by atoms with Gasteiger partial charge < -0.3 is 4.74 Å². The largest absolute Gasteiger partial charge is 0.493 e. The number of hydrogen-bond acceptors (Lipinski definition) is 3. The average Bonchev–Trinajstić information content (AvgIpc) is 2.93. The van der Waals surface area contributed by atoms with E-state index >= 15 is 0 Å². The second-order valence-corrected chi connectivity index (χ2v) is 5.88. The molecule has 2 nitrogen and oxygen atoms in total. The molecule has 92 valence electrons. The number of benzene rings is 1. The second-order valence-electron chi connectivity index (χ2n) is 4.62. The van der Waals surface area contributed by atoms with Gasteiger partial charge in [0.15, 0.2) is 0 Å². The molecule has 3 heteroatoms. The van der Waals surface area contributed by atoms with Crippen molar-refractivity contribution in [3.63, 3.8) is 0 Å². The van der Waals surface area contributed by atoms with E-state index in [1.54, 1.807) is 11.3 Å². The van der Waals surface area contributed by atoms with Gasteiger partial charge in [0.25, 0.3) is 0 Å². The van der Waals surface area contributed by atoms with Gasteiger partial charge in [0, 0.05) is 16.9 Å². The summed E-state index contributed by atoms with van der Waals surface area (Å²) in [6.07, 6.45) is 0.902. The average molecular weight is 258 g/mol. The van der Waals surface area contributed by atoms with Crippen molar-refractivity contribution in [3.05, 3.63) is 50.7 Å². The molecule has 0 radical (unpaired) electrons. The first kappa shape index (κ1) is 11.5. The summed E-state index contributed by atoms with van der Waals surface area (Å²) in [5.74, 6) is 1.05. The van der Waals surface area contributed by atoms with Crippen molar-refractivity contribution in [3.8, 4) is 5.75 Å². The lowest BCUT2D eigenvalue weighted by molar-refractivity contribution is 0.104. The molecule has 18 heavy (non-hydrogen) atoms. The van der Waals surface area contributed by atoms with Crippen LogP contribution in [0.25, 0.3) is 0 Å². The molecular formula is C15H14O2S. The van der Waals surface area contributed by atoms with E-state index < -0.39 is 0 Å². The van der Waals surface area contributed by atoms with E-state index in [1.807, 2.05) is 32.0 Å². The summed E-state index contributed by atoms with van der Waals surface area (Å²) >= 11 is 1.57. The van der Waals surface area contributed by atoms with Gasteiger partial charge >= 0.3 is 0 Å². The van der Waals surface area contributed by atoms with Gasteiger partial charge in [-0.15, -0.1) is 11.3 Å². The highest BCUT2D eigenvalue weighted by Gasteiger charge is 2.18. The lowest BCUT2D eigenvalue weighted by atomic mass is 10.0. The number of thiophene rings is 1. The molecular weight excluding hydrogens is 244 g/mol. The van der Waals surface area contributed by atoms with E-state index in [1.165, 1.54) is 4.88 Å². The molecule has 0 bridgehead atoms. The first-order valence-corrected chi connectivity index (χ1v) is 6.84. The molecule has 3 rings (SSSR count). The van der Waals surface area contributed by atoms with E-state index in [-0.39, 0.29) is 5.78 Å². The van der Waals surface area contributed by atoms with Crippen LogP contribution in [0.15, 0.2) is 24.3 Å². The molecule has 1 aliphatic heterocycles. The molecule has 1 aliphatic rings. The normalized spacial score (nSPS) is 13.2. The highest BCUT2D eigenvalue weighted by atomic mass is 32.1. The van der Waals surface area contributed by atoms with Gasteiger partial charge in [0.05, 0.1) is 11.5 Å². The zero-order valence-corrected chi connectivity index (χ0v) is 11.3. The van der Waals surface area contributed by atoms with Gasteiger partial charge in [-0.1, -0.05) is 0 Å². The Hall–Kier alpha value is -1.61. The van der Waals surface area contributed by atoms with Crippen molar-refractivity contribution in [1.82, 2.24) is 0 Å². The Balaban J connectivity index is 2.00. The number of carbonyl (C=O) groups is 1. The van der Waals surface area contributed by atoms with Crippen molar-refractivity contribution < 1.29 is 9.53 Å². The molecule has 0 saturated heterocycles. The van der Waals surface area contributed by atoms with Crippen LogP contribution in [0.4, 0.5) is 0 Å². The molecule has 0 fully saturated rings. The maximum absolute atomic E-state index is 12.4. The molecule has 2 heterocycles. The quantitative estimate of drug-likeness (QED) is 0.770. The summed E-state index contributed by atoms with van der Waals surface area (Å²) in [4.78, 5) is 14.5. The van der Waals surface area contributed by atoms with Gasteiger partial charge in [0.2, 0.25) is 5.78 Å². The van der Waals surface area contributed by atoms with Gasteiger partial charge in [-0.25, -0.2) is 0 Å². The van der Waals surface area contributed by atoms with Crippen LogP contribution in [0.5, 0.6) is 5.75 Å². The van der Waals surface area contributed by atoms with Crippen LogP contribution in [0.3, 0.4) is 0 Å². The van der Waals surface area contributed by atoms with E-state index in [0.717, 1.165) is 40.3 Å². The van der Waals surface area contributed by atoms with Crippen LogP contribution in [0.2, 0.25) is 0 Å². The molecule has 0 aliphatic carbocycles. The monoisotopic (exact) mass is 258 g/mol. The third kappa shape index (κ3) is 1.85. The Morgan fingerprint density at radius 3 is 2.83 bits per heavy atom. The minimum Gasteiger partial charge on any atom is -0.493 e. The summed E-state index contributed by atoms with van der Waals surface area (Å²) < 4.78 is 5.46. The highest BCUT2D eigenvalue weighted by Crippen LogP contribution is 2.29. The van der Waals surface area contributed by atoms with Crippen molar-refractivity contribution in [1.29, 1.82) is 0 Å². The Morgan fingerprint density at radius 2 is 2.11 bits per heavy atom. The minimum atomic E-state index is 0.125. The Kier molecular flexibility index (Phi) is 2.71. The number of ketones is 1. The van der Waals surface area contributed by atoms with Crippen molar-refractivity contribution >= 4 is 17.1 Å². The van der Waals surface area contributed by atoms with Gasteiger partial charge in [-0.3, -0.25) is 4.79 Å². The lowest BCUT2D eigenvalue weighted by Gasteiger charge is -2.03. The fourth-order valence-corrected chi connectivity index (χ4v) is 3.31. The van der Waals surface area contributed by atoms with Crippen LogP contribution in [0, 0.1) is 13.8 Å². The summed E-state index contributed by atoms with van der Waals surface area (Å²) in [6.45, 7) is 4.75. The molecule has 1 aromatic carbocycles. The number of hydrogen-bond donors (Lipinski definition) is 0. The van der Waals surface area contributed by atoms with Crippen LogP contribution >= 0.6 is 11.3 Å². The SMILES string of the molecule is Cc1cc(C)c(C(=O)c2ccc3c(c2)CCO3)s1. The number of carbonyl (C=O) groups excluding carboxylic acids is 1. The Morgan fingerprint density at radius 1 is 1.28 bits per heavy atom. The fraction of sp³-hybridized carbons (Fsp3) is 0.267. The van der Waals surface area contributed by atoms with E-state index in [0.29, 0.717) is 0 Å². The highest BCUT2D eigenvalue weighted by molar-refractivity contribution is 7.14. The van der Waals surface area contributed by atoms with Crippen molar-refractivity contribution in [2.75, 3.05) is 6.61 Å². The summed E-state index contributed by atoms with van der Waals surface area (Å²) in [6, 6.07) is 7.81. The first-order valence-electron chi connectivity index (χ1n) is 6.02. The van der Waals surface area contributed by atoms with Crippen LogP contribution in [-0.4, -0.2) is 12.4 Å². The molecule has 0 N–H and O–H groups in total. The van der Waals surface area contributed by atoms with Gasteiger partial charge in [-0.05, 0) is 49.2 Å². The Bertz CT molecular complexity index is 625. The third-order valence-electron chi connectivity index (χ3n) is 3.20. The summed E-state index contributed by atoms with van der Waals surface area (Å²) in [7, 11) is 0. The molecule has 2 aromatic rings. The van der Waals surface area contributed by atoms with Crippen LogP contribution in [-0.2, 0) is 6.42 Å². The maximum atomic E-state index is 12.4. The van der Waals surface area contributed by atoms with E-state index in [4.69, 9.17) is 4.74 Å². The fourth-order valence-electron chi connectivity index (χ4n) is 2.33. The minimum absolute atomic E-state index is 0.125. The molecule has 0 spiro atoms. The van der Waals surface area contributed by atoms with Gasteiger partial charge in [0.1, 0.15) is 5.75 Å². The summed E-state index contributed by atoms with van der Waals surface area (Å²) in [5, 5.41) is 0. The first-order chi connectivity index (χ1) is 8.65. The molecule has 0 amide bonds. The Labute approximate surface area is 110 Å². The number of ether oxygens (including phenoxy) is 1. The lowest BCUT2D eigenvalue weighted by Crippen LogP contribution is -2.00. The molecule has 1 aromatic heterocycles. The summed E-state index contributed by atoms with van der Waals surface area (Å²) in [5.41, 5.74) is 2.98. The smallest absolute Gasteiger partial charge is 0.203 e. The second kappa shape index (κ2) is 4.25. The zero-order chi connectivity index (χ0) is 12.7. The molecule has 0 unspecified atom stereocenters. The van der Waals surface area contributed by atoms with Crippen molar-refractivity contribution in [2.24, 2.45) is 0 Å². The van der Waals surface area contributed by atoms with Crippen LogP contribution < -0.4 is 4.74 Å². The van der Waals surface area contributed by atoms with Crippen molar-refractivity contribution in [2.45, 2.75) is 20.3 Å². The predicted molar refractivity (Wildman–Crippen MR) is 72.9 cm³/mol. The van der Waals surface area contributed by atoms with Gasteiger partial charge in [-0.2, -0.15) is 0 Å². The third-order valence-corrected chi connectivity index (χ3v) is 4.35. The van der Waals surface area contributed by atoms with Crippen LogP contribution in [0.1, 0.15) is 31.2 Å². The zero-order valence-electron chi connectivity index (χ0n) is 10.4. The predicted octanol–water partition coefficient (Wildman–Crippen LogP) is 3.53. The molecule has 0 saturated carbocycles. The topological polar surface area (TPSA) is 26.3 Å². The maximum Gasteiger partial charge on any atom is 0.203 e. The van der Waals surface area contributed by atoms with E-state index in [2.05, 4.69) is 6.07 Å². The number of aryl methyl sites for hydroxylation is 2. The molecule has 0 atom stereocenters. The standard InChI is InChI=1S/C15H14O2S/c1-9-7-10(2)18-15(9)14(16)12-3-4-13-11(8-12)5-6-17-13/h3-4,7-8H,5-6H2,1-2H3.